The monoisotopic (exact) mass is 471 g/mol. The molecule has 178 valence electrons. The van der Waals surface area contributed by atoms with Gasteiger partial charge in [-0.1, -0.05) is 62.4 Å². The Balaban J connectivity index is 1.48. The van der Waals surface area contributed by atoms with Crippen LogP contribution < -0.4 is 5.32 Å². The van der Waals surface area contributed by atoms with Gasteiger partial charge in [-0.05, 0) is 30.0 Å². The summed E-state index contributed by atoms with van der Waals surface area (Å²) in [4.78, 5) is 27.1. The van der Waals surface area contributed by atoms with Crippen molar-refractivity contribution < 1.29 is 18.0 Å². The average molecular weight is 472 g/mol. The van der Waals surface area contributed by atoms with Gasteiger partial charge in [0.1, 0.15) is 0 Å². The van der Waals surface area contributed by atoms with Crippen LogP contribution in [-0.4, -0.2) is 55.6 Å². The third-order valence-electron chi connectivity index (χ3n) is 5.78. The van der Waals surface area contributed by atoms with Crippen molar-refractivity contribution in [2.45, 2.75) is 44.0 Å². The predicted molar refractivity (Wildman–Crippen MR) is 128 cm³/mol. The number of benzene rings is 2. The number of amides is 2. The smallest absolute Gasteiger partial charge is 0.243 e. The summed E-state index contributed by atoms with van der Waals surface area (Å²) in [5, 5.41) is 3.07. The molecule has 33 heavy (non-hydrogen) atoms. The molecule has 1 heterocycles. The number of carbonyl (C=O) groups is 2. The van der Waals surface area contributed by atoms with Gasteiger partial charge in [-0.15, -0.1) is 0 Å². The zero-order chi connectivity index (χ0) is 23.8. The van der Waals surface area contributed by atoms with Crippen LogP contribution in [0.15, 0.2) is 65.6 Å². The fraction of sp³-hybridized carbons (Fsp3) is 0.440. The normalized spacial score (nSPS) is 15.9. The number of piperazine rings is 1. The quantitative estimate of drug-likeness (QED) is 0.608. The van der Waals surface area contributed by atoms with E-state index in [9.17, 15) is 18.0 Å². The molecule has 8 heteroatoms. The van der Waals surface area contributed by atoms with E-state index < -0.39 is 10.0 Å². The maximum absolute atomic E-state index is 12.7. The van der Waals surface area contributed by atoms with Crippen LogP contribution in [0, 0.1) is 5.92 Å². The van der Waals surface area contributed by atoms with E-state index >= 15 is 0 Å². The lowest BCUT2D eigenvalue weighted by molar-refractivity contribution is -0.134. The van der Waals surface area contributed by atoms with Gasteiger partial charge >= 0.3 is 0 Å². The van der Waals surface area contributed by atoms with E-state index in [4.69, 9.17) is 0 Å². The van der Waals surface area contributed by atoms with Crippen LogP contribution in [0.1, 0.15) is 44.7 Å². The van der Waals surface area contributed by atoms with E-state index in [0.29, 0.717) is 19.0 Å². The molecule has 0 bridgehead atoms. The summed E-state index contributed by atoms with van der Waals surface area (Å²) in [5.74, 6) is 0.144. The number of sulfonamides is 1. The molecule has 1 saturated heterocycles. The first-order valence-electron chi connectivity index (χ1n) is 11.4. The Bertz CT molecular complexity index is 1020. The van der Waals surface area contributed by atoms with Crippen LogP contribution in [-0.2, 0) is 19.6 Å². The number of hydrogen-bond acceptors (Lipinski definition) is 4. The second-order valence-corrected chi connectivity index (χ2v) is 10.7. The fourth-order valence-corrected chi connectivity index (χ4v) is 5.44. The molecule has 7 nitrogen and oxygen atoms in total. The molecule has 3 rings (SSSR count). The minimum atomic E-state index is -3.56. The Morgan fingerprint density at radius 2 is 1.45 bits per heavy atom. The number of carbonyl (C=O) groups excluding carboxylic acids is 2. The van der Waals surface area contributed by atoms with Gasteiger partial charge in [0.25, 0.3) is 0 Å². The Labute approximate surface area is 196 Å². The van der Waals surface area contributed by atoms with Crippen LogP contribution in [0.3, 0.4) is 0 Å². The third-order valence-corrected chi connectivity index (χ3v) is 7.70. The van der Waals surface area contributed by atoms with Crippen molar-refractivity contribution >= 4 is 21.8 Å². The average Bonchev–Trinajstić information content (AvgIpc) is 2.83. The zero-order valence-corrected chi connectivity index (χ0v) is 20.1. The van der Waals surface area contributed by atoms with E-state index in [-0.39, 0.29) is 48.7 Å². The molecule has 0 aromatic heterocycles. The van der Waals surface area contributed by atoms with Gasteiger partial charge in [-0.25, -0.2) is 8.42 Å². The van der Waals surface area contributed by atoms with Crippen LogP contribution in [0.2, 0.25) is 0 Å². The molecule has 0 radical (unpaired) electrons. The van der Waals surface area contributed by atoms with Gasteiger partial charge in [0.15, 0.2) is 0 Å². The zero-order valence-electron chi connectivity index (χ0n) is 19.3. The highest BCUT2D eigenvalue weighted by atomic mass is 32.2. The van der Waals surface area contributed by atoms with Crippen molar-refractivity contribution in [2.24, 2.45) is 5.92 Å². The molecule has 1 aliphatic rings. The number of rotatable bonds is 9. The number of hydrogen-bond donors (Lipinski definition) is 1. The fourth-order valence-electron chi connectivity index (χ4n) is 4.00. The summed E-state index contributed by atoms with van der Waals surface area (Å²) < 4.78 is 26.9. The summed E-state index contributed by atoms with van der Waals surface area (Å²) >= 11 is 0. The van der Waals surface area contributed by atoms with Gasteiger partial charge in [0, 0.05) is 39.0 Å². The maximum atomic E-state index is 12.7. The van der Waals surface area contributed by atoms with E-state index in [1.165, 1.54) is 4.31 Å². The van der Waals surface area contributed by atoms with Gasteiger partial charge < -0.3 is 10.2 Å². The number of nitrogens with zero attached hydrogens (tertiary/aromatic N) is 2. The van der Waals surface area contributed by atoms with Crippen LogP contribution in [0.5, 0.6) is 0 Å². The Kier molecular flexibility index (Phi) is 8.63. The van der Waals surface area contributed by atoms with Crippen molar-refractivity contribution in [3.63, 3.8) is 0 Å². The van der Waals surface area contributed by atoms with Crippen molar-refractivity contribution in [1.82, 2.24) is 14.5 Å². The predicted octanol–water partition coefficient (Wildman–Crippen LogP) is 3.20. The van der Waals surface area contributed by atoms with Gasteiger partial charge in [0.05, 0.1) is 10.9 Å². The Hall–Kier alpha value is -2.71. The minimum Gasteiger partial charge on any atom is -0.349 e. The van der Waals surface area contributed by atoms with E-state index in [1.54, 1.807) is 35.2 Å². The molecule has 2 aromatic rings. The first kappa shape index (κ1) is 24.9. The summed E-state index contributed by atoms with van der Waals surface area (Å²) in [6.45, 7) is 5.38. The molecule has 2 aromatic carbocycles. The maximum Gasteiger partial charge on any atom is 0.243 e. The molecule has 1 unspecified atom stereocenters. The first-order valence-corrected chi connectivity index (χ1v) is 12.9. The highest BCUT2D eigenvalue weighted by molar-refractivity contribution is 7.89. The van der Waals surface area contributed by atoms with E-state index in [2.05, 4.69) is 19.2 Å². The Morgan fingerprint density at radius 3 is 2.03 bits per heavy atom. The molecule has 1 aliphatic heterocycles. The first-order chi connectivity index (χ1) is 15.8. The molecular weight excluding hydrogens is 438 g/mol. The molecule has 0 saturated carbocycles. The lowest BCUT2D eigenvalue weighted by Gasteiger charge is -2.34. The standard InChI is InChI=1S/C25H33N3O4S/c1-20(2)19-23(21-9-5-3-6-10-21)26-24(29)13-14-25(30)27-15-17-28(18-16-27)33(31,32)22-11-7-4-8-12-22/h3-12,20,23H,13-19H2,1-2H3,(H,26,29). The van der Waals surface area contributed by atoms with Gasteiger partial charge in [0.2, 0.25) is 21.8 Å². The molecule has 0 aliphatic carbocycles. The SMILES string of the molecule is CC(C)CC(NC(=O)CCC(=O)N1CCN(S(=O)(=O)c2ccccc2)CC1)c1ccccc1. The summed E-state index contributed by atoms with van der Waals surface area (Å²) in [7, 11) is -3.56. The Morgan fingerprint density at radius 1 is 0.879 bits per heavy atom. The van der Waals surface area contributed by atoms with E-state index in [1.807, 2.05) is 30.3 Å². The molecule has 0 spiro atoms. The molecule has 1 N–H and O–H groups in total. The van der Waals surface area contributed by atoms with Gasteiger partial charge in [-0.2, -0.15) is 4.31 Å². The highest BCUT2D eigenvalue weighted by Crippen LogP contribution is 2.22. The minimum absolute atomic E-state index is 0.0828. The van der Waals surface area contributed by atoms with Crippen LogP contribution in [0.25, 0.3) is 0 Å². The largest absolute Gasteiger partial charge is 0.349 e. The van der Waals surface area contributed by atoms with Crippen molar-refractivity contribution in [3.05, 3.63) is 66.2 Å². The van der Waals surface area contributed by atoms with Gasteiger partial charge in [-0.3, -0.25) is 9.59 Å². The molecule has 2 amide bonds. The molecule has 1 fully saturated rings. The van der Waals surface area contributed by atoms with Crippen molar-refractivity contribution in [3.8, 4) is 0 Å². The second kappa shape index (κ2) is 11.4. The molecular formula is C25H33N3O4S. The van der Waals surface area contributed by atoms with Crippen molar-refractivity contribution in [1.29, 1.82) is 0 Å². The highest BCUT2D eigenvalue weighted by Gasteiger charge is 2.30. The third kappa shape index (κ3) is 6.88. The van der Waals surface area contributed by atoms with Crippen LogP contribution >= 0.6 is 0 Å². The number of nitrogens with one attached hydrogen (secondary N) is 1. The molecule has 1 atom stereocenters. The summed E-state index contributed by atoms with van der Waals surface area (Å²) in [5.41, 5.74) is 1.06. The summed E-state index contributed by atoms with van der Waals surface area (Å²) in [6, 6.07) is 18.1. The van der Waals surface area contributed by atoms with E-state index in [0.717, 1.165) is 12.0 Å². The topological polar surface area (TPSA) is 86.8 Å². The second-order valence-electron chi connectivity index (χ2n) is 8.76. The van der Waals surface area contributed by atoms with Crippen molar-refractivity contribution in [2.75, 3.05) is 26.2 Å². The van der Waals surface area contributed by atoms with Crippen LogP contribution in [0.4, 0.5) is 0 Å². The lowest BCUT2D eigenvalue weighted by atomic mass is 9.97. The summed E-state index contributed by atoms with van der Waals surface area (Å²) in [6.07, 6.45) is 1.05. The lowest BCUT2D eigenvalue weighted by Crippen LogP contribution is -2.50.